The lowest BCUT2D eigenvalue weighted by atomic mass is 9.91. The van der Waals surface area contributed by atoms with E-state index in [-0.39, 0.29) is 10.8 Å². The van der Waals surface area contributed by atoms with Crippen molar-refractivity contribution in [1.82, 2.24) is 14.7 Å². The van der Waals surface area contributed by atoms with Gasteiger partial charge in [0.25, 0.3) is 0 Å². The largest absolute Gasteiger partial charge is 0.435 e. The predicted octanol–water partition coefficient (Wildman–Crippen LogP) is 2.66. The summed E-state index contributed by atoms with van der Waals surface area (Å²) >= 11 is 0. The van der Waals surface area contributed by atoms with Crippen LogP contribution in [0.5, 0.6) is 0 Å². The summed E-state index contributed by atoms with van der Waals surface area (Å²) in [4.78, 5) is 2.45. The van der Waals surface area contributed by atoms with Gasteiger partial charge < -0.3 is 0 Å². The summed E-state index contributed by atoms with van der Waals surface area (Å²) in [6.07, 6.45) is -2.48. The van der Waals surface area contributed by atoms with Gasteiger partial charge in [0.15, 0.2) is 15.5 Å². The van der Waals surface area contributed by atoms with Crippen LogP contribution in [0.1, 0.15) is 45.0 Å². The number of rotatable bonds is 2. The fourth-order valence-corrected chi connectivity index (χ4v) is 9.54. The van der Waals surface area contributed by atoms with Crippen LogP contribution in [0, 0.1) is 23.2 Å². The van der Waals surface area contributed by atoms with Gasteiger partial charge in [-0.1, -0.05) is 0 Å². The SMILES string of the molecule is CC(C)(C)n1nc(C(F)(F)F)cc1[C@]12C3[C@@H](N4CCC5(C4)CS(=O)(=O)C5)C[C@@H]1[C@H]32. The Bertz CT molecular complexity index is 1010. The Kier molecular flexibility index (Phi) is 3.13. The lowest BCUT2D eigenvalue weighted by Gasteiger charge is -2.38. The zero-order valence-electron chi connectivity index (χ0n) is 16.8. The number of nitrogens with zero attached hydrogens (tertiary/aromatic N) is 3. The second-order valence-corrected chi connectivity index (χ2v) is 13.2. The molecule has 0 radical (unpaired) electrons. The van der Waals surface area contributed by atoms with E-state index in [1.165, 1.54) is 6.07 Å². The molecule has 0 N–H and O–H groups in total. The maximum Gasteiger partial charge on any atom is 0.435 e. The second-order valence-electron chi connectivity index (χ2n) is 11.1. The molecule has 5 atom stereocenters. The van der Waals surface area contributed by atoms with Crippen LogP contribution in [-0.4, -0.2) is 53.7 Å². The number of aromatic nitrogens is 2. The van der Waals surface area contributed by atoms with Crippen molar-refractivity contribution < 1.29 is 21.6 Å². The van der Waals surface area contributed by atoms with E-state index >= 15 is 0 Å². The number of hydrogen-bond acceptors (Lipinski definition) is 4. The normalized spacial score (nSPS) is 41.4. The average molecular weight is 430 g/mol. The molecule has 5 nitrogen and oxygen atoms in total. The first-order chi connectivity index (χ1) is 13.3. The molecule has 160 valence electrons. The quantitative estimate of drug-likeness (QED) is 0.726. The lowest BCUT2D eigenvalue weighted by Crippen LogP contribution is -2.50. The highest BCUT2D eigenvalue weighted by molar-refractivity contribution is 7.92. The number of hydrogen-bond donors (Lipinski definition) is 0. The van der Waals surface area contributed by atoms with E-state index < -0.39 is 27.2 Å². The molecule has 4 saturated carbocycles. The van der Waals surface area contributed by atoms with Crippen molar-refractivity contribution in [3.8, 4) is 0 Å². The van der Waals surface area contributed by atoms with Gasteiger partial charge in [-0.25, -0.2) is 8.42 Å². The molecule has 0 aromatic carbocycles. The van der Waals surface area contributed by atoms with Gasteiger partial charge in [0.1, 0.15) is 0 Å². The fraction of sp³-hybridized carbons (Fsp3) is 0.850. The maximum absolute atomic E-state index is 13.4. The van der Waals surface area contributed by atoms with Gasteiger partial charge in [-0.2, -0.15) is 18.3 Å². The molecule has 1 aromatic heterocycles. The summed E-state index contributed by atoms with van der Waals surface area (Å²) in [5.41, 5.74) is -0.720. The first-order valence-corrected chi connectivity index (χ1v) is 12.2. The molecule has 2 saturated heterocycles. The van der Waals surface area contributed by atoms with Crippen molar-refractivity contribution in [2.24, 2.45) is 23.2 Å². The molecule has 2 bridgehead atoms. The van der Waals surface area contributed by atoms with E-state index in [1.54, 1.807) is 4.68 Å². The number of sulfone groups is 1. The van der Waals surface area contributed by atoms with Gasteiger partial charge in [0.2, 0.25) is 0 Å². The van der Waals surface area contributed by atoms with Crippen molar-refractivity contribution in [1.29, 1.82) is 0 Å². The van der Waals surface area contributed by atoms with E-state index in [0.717, 1.165) is 31.6 Å². The minimum absolute atomic E-state index is 0.0645. The van der Waals surface area contributed by atoms with Crippen LogP contribution in [-0.2, 0) is 27.0 Å². The molecule has 1 unspecified atom stereocenters. The molecule has 4 aliphatic carbocycles. The van der Waals surface area contributed by atoms with Crippen molar-refractivity contribution in [3.63, 3.8) is 0 Å². The summed E-state index contributed by atoms with van der Waals surface area (Å²) < 4.78 is 65.1. The van der Waals surface area contributed by atoms with Crippen molar-refractivity contribution in [2.75, 3.05) is 24.6 Å². The van der Waals surface area contributed by atoms with Gasteiger partial charge in [0.05, 0.1) is 17.0 Å². The number of likely N-dealkylation sites (tertiary alicyclic amines) is 1. The lowest BCUT2D eigenvalue weighted by molar-refractivity contribution is -0.141. The van der Waals surface area contributed by atoms with Crippen LogP contribution in [0.25, 0.3) is 0 Å². The minimum Gasteiger partial charge on any atom is -0.299 e. The van der Waals surface area contributed by atoms with Gasteiger partial charge in [-0.3, -0.25) is 9.58 Å². The highest BCUT2D eigenvalue weighted by Gasteiger charge is 2.93. The number of alkyl halides is 3. The van der Waals surface area contributed by atoms with Crippen LogP contribution >= 0.6 is 0 Å². The number of halogens is 3. The van der Waals surface area contributed by atoms with E-state index in [0.29, 0.717) is 35.3 Å². The summed E-state index contributed by atoms with van der Waals surface area (Å²) in [5, 5.41) is 3.98. The van der Waals surface area contributed by atoms with Gasteiger partial charge >= 0.3 is 6.18 Å². The van der Waals surface area contributed by atoms with Crippen LogP contribution in [0.3, 0.4) is 0 Å². The predicted molar refractivity (Wildman–Crippen MR) is 100 cm³/mol. The Morgan fingerprint density at radius 1 is 1.17 bits per heavy atom. The molecular formula is C20H26F3N3O2S. The van der Waals surface area contributed by atoms with Crippen molar-refractivity contribution in [2.45, 2.75) is 56.8 Å². The van der Waals surface area contributed by atoms with Crippen LogP contribution in [0.15, 0.2) is 6.07 Å². The Labute approximate surface area is 168 Å². The highest BCUT2D eigenvalue weighted by atomic mass is 32.2. The third kappa shape index (κ3) is 2.26. The Morgan fingerprint density at radius 2 is 1.86 bits per heavy atom. The molecule has 6 aliphatic rings. The Balaban J connectivity index is 1.28. The molecule has 2 aliphatic heterocycles. The molecule has 1 spiro atoms. The zero-order chi connectivity index (χ0) is 20.8. The van der Waals surface area contributed by atoms with Crippen LogP contribution in [0.2, 0.25) is 0 Å². The van der Waals surface area contributed by atoms with E-state index in [4.69, 9.17) is 0 Å². The van der Waals surface area contributed by atoms with Gasteiger partial charge in [-0.15, -0.1) is 0 Å². The Morgan fingerprint density at radius 3 is 2.41 bits per heavy atom. The first kappa shape index (κ1) is 18.7. The second kappa shape index (κ2) is 4.87. The minimum atomic E-state index is -4.43. The third-order valence-corrected chi connectivity index (χ3v) is 10.4. The van der Waals surface area contributed by atoms with Gasteiger partial charge in [0, 0.05) is 29.1 Å². The third-order valence-electron chi connectivity index (χ3n) is 8.30. The van der Waals surface area contributed by atoms with E-state index in [2.05, 4.69) is 10.00 Å². The first-order valence-electron chi connectivity index (χ1n) is 10.4. The van der Waals surface area contributed by atoms with E-state index in [1.807, 2.05) is 20.8 Å². The van der Waals surface area contributed by atoms with Crippen molar-refractivity contribution in [3.05, 3.63) is 17.5 Å². The van der Waals surface area contributed by atoms with Crippen molar-refractivity contribution >= 4 is 9.84 Å². The average Bonchev–Trinajstić information content (AvgIpc) is 3.08. The maximum atomic E-state index is 13.4. The highest BCUT2D eigenvalue weighted by Crippen LogP contribution is 2.91. The molecule has 29 heavy (non-hydrogen) atoms. The standard InChI is InChI=1S/C20H26F3N3O2S/c1-17(2,3)26-14(7-13(24-26)20(21,22)23)19-11-6-12(16(19)15(11)19)25-5-4-18(8-25)9-29(27,28)10-18/h7,11-12,15-16H,4-6,8-10H2,1-3H3/t11-,12+,15-,16?,19-/m1/s1. The molecule has 3 heterocycles. The summed E-state index contributed by atoms with van der Waals surface area (Å²) in [6.45, 7) is 7.45. The fourth-order valence-electron chi connectivity index (χ4n) is 7.29. The number of fused-ring (bicyclic) bond motifs is 1. The zero-order valence-corrected chi connectivity index (χ0v) is 17.6. The molecule has 0 amide bonds. The monoisotopic (exact) mass is 429 g/mol. The molecule has 9 heteroatoms. The molecular weight excluding hydrogens is 403 g/mol. The van der Waals surface area contributed by atoms with E-state index in [9.17, 15) is 21.6 Å². The van der Waals surface area contributed by atoms with Gasteiger partial charge in [-0.05, 0) is 64.0 Å². The van der Waals surface area contributed by atoms with Crippen LogP contribution in [0.4, 0.5) is 13.2 Å². The topological polar surface area (TPSA) is 55.2 Å². The summed E-state index contributed by atoms with van der Waals surface area (Å²) in [5.74, 6) is 1.94. The summed E-state index contributed by atoms with van der Waals surface area (Å²) in [6, 6.07) is 1.68. The molecule has 7 rings (SSSR count). The Hall–Kier alpha value is -1.09. The molecule has 1 aromatic rings. The molecule has 6 fully saturated rings. The summed E-state index contributed by atoms with van der Waals surface area (Å²) in [7, 11) is -2.85. The van der Waals surface area contributed by atoms with Crippen LogP contribution < -0.4 is 0 Å². The smallest absolute Gasteiger partial charge is 0.299 e.